The van der Waals surface area contributed by atoms with E-state index in [1.165, 1.54) is 10.9 Å². The number of hydrogen-bond acceptors (Lipinski definition) is 4. The van der Waals surface area contributed by atoms with Gasteiger partial charge in [-0.3, -0.25) is 14.2 Å². The van der Waals surface area contributed by atoms with Gasteiger partial charge in [0.2, 0.25) is 5.91 Å². The molecular weight excluding hydrogens is 306 g/mol. The number of para-hydroxylation sites is 1. The van der Waals surface area contributed by atoms with Gasteiger partial charge in [-0.15, -0.1) is 0 Å². The van der Waals surface area contributed by atoms with Gasteiger partial charge in [0.05, 0.1) is 23.8 Å². The van der Waals surface area contributed by atoms with Gasteiger partial charge in [0.15, 0.2) is 0 Å². The molecule has 1 aromatic heterocycles. The maximum absolute atomic E-state index is 12.4. The Labute approximate surface area is 138 Å². The number of carbonyl (C=O) groups is 1. The van der Waals surface area contributed by atoms with E-state index in [4.69, 9.17) is 4.74 Å². The maximum atomic E-state index is 12.4. The summed E-state index contributed by atoms with van der Waals surface area (Å²) < 4.78 is 6.65. The summed E-state index contributed by atoms with van der Waals surface area (Å²) in [5.74, 6) is 0.448. The second-order valence-corrected chi connectivity index (χ2v) is 5.20. The number of anilines is 1. The van der Waals surface area contributed by atoms with Crippen LogP contribution in [0.4, 0.5) is 5.69 Å². The molecule has 1 amide bonds. The summed E-state index contributed by atoms with van der Waals surface area (Å²) in [5.41, 5.74) is 1.03. The third kappa shape index (κ3) is 3.43. The van der Waals surface area contributed by atoms with Crippen LogP contribution in [0.3, 0.4) is 0 Å². The lowest BCUT2D eigenvalue weighted by Crippen LogP contribution is -2.27. The largest absolute Gasteiger partial charge is 0.494 e. The molecule has 1 heterocycles. The molecule has 0 aliphatic carbocycles. The van der Waals surface area contributed by atoms with Crippen LogP contribution in [0.2, 0.25) is 0 Å². The second-order valence-electron chi connectivity index (χ2n) is 5.20. The first kappa shape index (κ1) is 15.7. The van der Waals surface area contributed by atoms with Crippen molar-refractivity contribution in [1.82, 2.24) is 9.55 Å². The molecule has 0 fully saturated rings. The molecule has 0 bridgehead atoms. The molecule has 0 saturated carbocycles. The Morgan fingerprint density at radius 1 is 1.17 bits per heavy atom. The van der Waals surface area contributed by atoms with Crippen LogP contribution in [0.5, 0.6) is 5.75 Å². The predicted molar refractivity (Wildman–Crippen MR) is 92.2 cm³/mol. The SMILES string of the molecule is CCOc1ccc(NC(=O)Cn2cnc3ccccc3c2=O)cc1. The number of hydrogen-bond donors (Lipinski definition) is 1. The van der Waals surface area contributed by atoms with E-state index in [2.05, 4.69) is 10.3 Å². The van der Waals surface area contributed by atoms with Crippen LogP contribution in [-0.2, 0) is 11.3 Å². The highest BCUT2D eigenvalue weighted by Crippen LogP contribution is 2.15. The van der Waals surface area contributed by atoms with Crippen LogP contribution in [-0.4, -0.2) is 22.1 Å². The molecule has 6 nitrogen and oxygen atoms in total. The molecule has 0 spiro atoms. The lowest BCUT2D eigenvalue weighted by Gasteiger charge is -2.09. The first-order chi connectivity index (χ1) is 11.7. The lowest BCUT2D eigenvalue weighted by molar-refractivity contribution is -0.116. The Morgan fingerprint density at radius 3 is 2.67 bits per heavy atom. The van der Waals surface area contributed by atoms with Crippen LogP contribution in [0.15, 0.2) is 59.7 Å². The zero-order valence-electron chi connectivity index (χ0n) is 13.2. The zero-order valence-corrected chi connectivity index (χ0v) is 13.2. The van der Waals surface area contributed by atoms with Gasteiger partial charge in [0, 0.05) is 5.69 Å². The van der Waals surface area contributed by atoms with Gasteiger partial charge in [-0.25, -0.2) is 4.98 Å². The lowest BCUT2D eigenvalue weighted by atomic mass is 10.2. The molecule has 1 N–H and O–H groups in total. The summed E-state index contributed by atoms with van der Waals surface area (Å²) in [5, 5.41) is 3.25. The van der Waals surface area contributed by atoms with E-state index < -0.39 is 0 Å². The molecule has 24 heavy (non-hydrogen) atoms. The number of aromatic nitrogens is 2. The van der Waals surface area contributed by atoms with E-state index in [9.17, 15) is 9.59 Å². The Bertz CT molecular complexity index is 917. The zero-order chi connectivity index (χ0) is 16.9. The summed E-state index contributed by atoms with van der Waals surface area (Å²) in [7, 11) is 0. The normalized spacial score (nSPS) is 10.5. The van der Waals surface area contributed by atoms with Gasteiger partial charge in [-0.1, -0.05) is 12.1 Å². The van der Waals surface area contributed by atoms with Crippen LogP contribution in [0, 0.1) is 0 Å². The average molecular weight is 323 g/mol. The van der Waals surface area contributed by atoms with Crippen molar-refractivity contribution in [3.05, 3.63) is 65.2 Å². The third-order valence-corrected chi connectivity index (χ3v) is 3.49. The van der Waals surface area contributed by atoms with Gasteiger partial charge < -0.3 is 10.1 Å². The van der Waals surface area contributed by atoms with Crippen LogP contribution in [0.1, 0.15) is 6.92 Å². The fraction of sp³-hybridized carbons (Fsp3) is 0.167. The van der Waals surface area contributed by atoms with E-state index in [0.29, 0.717) is 23.2 Å². The fourth-order valence-corrected chi connectivity index (χ4v) is 2.38. The van der Waals surface area contributed by atoms with Crippen LogP contribution < -0.4 is 15.6 Å². The van der Waals surface area contributed by atoms with Gasteiger partial charge in [-0.05, 0) is 43.3 Å². The fourth-order valence-electron chi connectivity index (χ4n) is 2.38. The average Bonchev–Trinajstić information content (AvgIpc) is 2.60. The molecule has 0 atom stereocenters. The topological polar surface area (TPSA) is 73.2 Å². The van der Waals surface area contributed by atoms with Crippen molar-refractivity contribution in [3.8, 4) is 5.75 Å². The Hall–Kier alpha value is -3.15. The van der Waals surface area contributed by atoms with Crippen molar-refractivity contribution < 1.29 is 9.53 Å². The number of fused-ring (bicyclic) bond motifs is 1. The van der Waals surface area contributed by atoms with Crippen molar-refractivity contribution in [3.63, 3.8) is 0 Å². The van der Waals surface area contributed by atoms with Gasteiger partial charge >= 0.3 is 0 Å². The van der Waals surface area contributed by atoms with Crippen molar-refractivity contribution >= 4 is 22.5 Å². The summed E-state index contributed by atoms with van der Waals surface area (Å²) in [4.78, 5) is 28.7. The standard InChI is InChI=1S/C18H17N3O3/c1-2-24-14-9-7-13(8-10-14)20-17(22)11-21-12-19-16-6-4-3-5-15(16)18(21)23/h3-10,12H,2,11H2,1H3,(H,20,22). The quantitative estimate of drug-likeness (QED) is 0.782. The highest BCUT2D eigenvalue weighted by molar-refractivity contribution is 5.90. The van der Waals surface area contributed by atoms with Crippen molar-refractivity contribution in [2.75, 3.05) is 11.9 Å². The van der Waals surface area contributed by atoms with E-state index in [1.807, 2.05) is 13.0 Å². The van der Waals surface area contributed by atoms with Gasteiger partial charge in [0.1, 0.15) is 12.3 Å². The summed E-state index contributed by atoms with van der Waals surface area (Å²) >= 11 is 0. The maximum Gasteiger partial charge on any atom is 0.261 e. The molecular formula is C18H17N3O3. The highest BCUT2D eigenvalue weighted by atomic mass is 16.5. The Balaban J connectivity index is 1.73. The number of benzene rings is 2. The minimum atomic E-state index is -0.293. The molecule has 6 heteroatoms. The number of ether oxygens (including phenoxy) is 1. The third-order valence-electron chi connectivity index (χ3n) is 3.49. The minimum absolute atomic E-state index is 0.0934. The number of carbonyl (C=O) groups excluding carboxylic acids is 1. The molecule has 3 rings (SSSR count). The monoisotopic (exact) mass is 323 g/mol. The summed E-state index contributed by atoms with van der Waals surface area (Å²) in [6.07, 6.45) is 1.39. The van der Waals surface area contributed by atoms with Crippen molar-refractivity contribution in [1.29, 1.82) is 0 Å². The van der Waals surface area contributed by atoms with E-state index >= 15 is 0 Å². The number of amides is 1. The molecule has 0 radical (unpaired) electrons. The highest BCUT2D eigenvalue weighted by Gasteiger charge is 2.08. The number of nitrogens with one attached hydrogen (secondary N) is 1. The van der Waals surface area contributed by atoms with Gasteiger partial charge in [-0.2, -0.15) is 0 Å². The summed E-state index contributed by atoms with van der Waals surface area (Å²) in [6, 6.07) is 14.1. The molecule has 0 unspecified atom stereocenters. The minimum Gasteiger partial charge on any atom is -0.494 e. The molecule has 0 saturated heterocycles. The number of nitrogens with zero attached hydrogens (tertiary/aromatic N) is 2. The molecule has 122 valence electrons. The van der Waals surface area contributed by atoms with E-state index in [-0.39, 0.29) is 18.0 Å². The van der Waals surface area contributed by atoms with E-state index in [0.717, 1.165) is 5.75 Å². The second kappa shape index (κ2) is 6.95. The smallest absolute Gasteiger partial charge is 0.261 e. The first-order valence-corrected chi connectivity index (χ1v) is 7.64. The van der Waals surface area contributed by atoms with Gasteiger partial charge in [0.25, 0.3) is 5.56 Å². The molecule has 0 aliphatic heterocycles. The summed E-state index contributed by atoms with van der Waals surface area (Å²) in [6.45, 7) is 2.40. The van der Waals surface area contributed by atoms with Crippen LogP contribution >= 0.6 is 0 Å². The molecule has 3 aromatic rings. The van der Waals surface area contributed by atoms with Crippen molar-refractivity contribution in [2.24, 2.45) is 0 Å². The van der Waals surface area contributed by atoms with Crippen molar-refractivity contribution in [2.45, 2.75) is 13.5 Å². The first-order valence-electron chi connectivity index (χ1n) is 7.64. The Kier molecular flexibility index (Phi) is 4.56. The molecule has 2 aromatic carbocycles. The number of rotatable bonds is 5. The molecule has 0 aliphatic rings. The van der Waals surface area contributed by atoms with Crippen LogP contribution in [0.25, 0.3) is 10.9 Å². The van der Waals surface area contributed by atoms with E-state index in [1.54, 1.807) is 42.5 Å². The predicted octanol–water partition coefficient (Wildman–Crippen LogP) is 2.43. The Morgan fingerprint density at radius 2 is 1.92 bits per heavy atom.